The van der Waals surface area contributed by atoms with Gasteiger partial charge in [-0.15, -0.1) is 0 Å². The van der Waals surface area contributed by atoms with Crippen LogP contribution in [0.3, 0.4) is 0 Å². The molecule has 0 saturated carbocycles. The van der Waals surface area contributed by atoms with Crippen molar-refractivity contribution in [2.24, 2.45) is 17.8 Å². The molecule has 2 unspecified atom stereocenters. The minimum Gasteiger partial charge on any atom is -0.488 e. The van der Waals surface area contributed by atoms with Crippen LogP contribution in [0.1, 0.15) is 82.2 Å². The third-order valence-electron chi connectivity index (χ3n) is 14.0. The average Bonchev–Trinajstić information content (AvgIpc) is 4.13. The van der Waals surface area contributed by atoms with E-state index in [0.29, 0.717) is 70.3 Å². The number of likely N-dealkylation sites (N-methyl/N-ethyl adjacent to an activating group) is 1. The van der Waals surface area contributed by atoms with Crippen LogP contribution in [0.5, 0.6) is 5.75 Å². The molecule has 0 radical (unpaired) electrons. The minimum atomic E-state index is -1.14. The summed E-state index contributed by atoms with van der Waals surface area (Å²) in [6.07, 6.45) is 3.49. The Bertz CT molecular complexity index is 2620. The van der Waals surface area contributed by atoms with Crippen LogP contribution in [0, 0.1) is 17.8 Å². The number of fused-ring (bicyclic) bond motifs is 6. The molecule has 4 aliphatic rings. The first-order chi connectivity index (χ1) is 31.3. The molecular weight excluding hydrogens is 833 g/mol. The Labute approximate surface area is 377 Å². The third-order valence-corrected chi connectivity index (χ3v) is 14.0. The SMILES string of the molecule is COCC1C[C@@H](c2ncc(-c3ccc4c(c3)COc3cc5c(ccc6nc([C@@H]7CCC(C)N7C(=O)[C@H](C(C)C)N(C)C(=O)O)[nH]c65)cc3-4)[nH]2)N(C(=O)[C@@H](NC(=O)OC)C2CCOCC2)C1. The van der Waals surface area contributed by atoms with Crippen molar-refractivity contribution in [3.63, 3.8) is 0 Å². The first-order valence-electron chi connectivity index (χ1n) is 22.6. The van der Waals surface area contributed by atoms with Crippen LogP contribution >= 0.6 is 0 Å². The second-order valence-corrected chi connectivity index (χ2v) is 18.4. The van der Waals surface area contributed by atoms with Gasteiger partial charge >= 0.3 is 12.2 Å². The number of hydrogen-bond acceptors (Lipinski definition) is 10. The maximum absolute atomic E-state index is 14.4. The molecule has 9 rings (SSSR count). The van der Waals surface area contributed by atoms with Crippen LogP contribution in [-0.4, -0.2) is 130 Å². The summed E-state index contributed by atoms with van der Waals surface area (Å²) in [5, 5.41) is 14.6. The smallest absolute Gasteiger partial charge is 0.407 e. The van der Waals surface area contributed by atoms with Crippen molar-refractivity contribution >= 4 is 45.8 Å². The Kier molecular flexibility index (Phi) is 12.2. The van der Waals surface area contributed by atoms with Gasteiger partial charge in [-0.1, -0.05) is 32.0 Å². The number of methoxy groups -OCH3 is 2. The van der Waals surface area contributed by atoms with Gasteiger partial charge < -0.3 is 49.1 Å². The van der Waals surface area contributed by atoms with Gasteiger partial charge in [-0.3, -0.25) is 14.5 Å². The van der Waals surface area contributed by atoms with Gasteiger partial charge in [-0.05, 0) is 97.2 Å². The number of nitrogens with zero attached hydrogens (tertiary/aromatic N) is 5. The Morgan fingerprint density at radius 1 is 0.969 bits per heavy atom. The van der Waals surface area contributed by atoms with Crippen LogP contribution in [0.15, 0.2) is 48.7 Å². The van der Waals surface area contributed by atoms with E-state index in [1.54, 1.807) is 13.3 Å². The van der Waals surface area contributed by atoms with Crippen molar-refractivity contribution in [3.05, 3.63) is 65.9 Å². The predicted molar refractivity (Wildman–Crippen MR) is 241 cm³/mol. The summed E-state index contributed by atoms with van der Waals surface area (Å²) >= 11 is 0. The number of likely N-dealkylation sites (tertiary alicyclic amines) is 2. The number of amides is 4. The van der Waals surface area contributed by atoms with Crippen molar-refractivity contribution in [3.8, 4) is 28.1 Å². The molecule has 17 nitrogen and oxygen atoms in total. The second-order valence-electron chi connectivity index (χ2n) is 18.4. The van der Waals surface area contributed by atoms with Gasteiger partial charge in [0.15, 0.2) is 0 Å². The highest BCUT2D eigenvalue weighted by Gasteiger charge is 2.45. The molecule has 2 aromatic heterocycles. The highest BCUT2D eigenvalue weighted by atomic mass is 16.5. The number of carbonyl (C=O) groups excluding carboxylic acids is 3. The zero-order valence-corrected chi connectivity index (χ0v) is 37.8. The van der Waals surface area contributed by atoms with Crippen molar-refractivity contribution in [2.75, 3.05) is 47.6 Å². The highest BCUT2D eigenvalue weighted by Crippen LogP contribution is 2.44. The quantitative estimate of drug-likeness (QED) is 0.106. The zero-order chi connectivity index (χ0) is 45.7. The number of hydrogen-bond donors (Lipinski definition) is 4. The van der Waals surface area contributed by atoms with E-state index in [1.807, 2.05) is 36.6 Å². The summed E-state index contributed by atoms with van der Waals surface area (Å²) in [5.74, 6) is 1.53. The summed E-state index contributed by atoms with van der Waals surface area (Å²) in [7, 11) is 4.42. The lowest BCUT2D eigenvalue weighted by Crippen LogP contribution is -2.53. The van der Waals surface area contributed by atoms with Crippen LogP contribution < -0.4 is 10.1 Å². The molecule has 6 heterocycles. The molecule has 5 aromatic rings. The van der Waals surface area contributed by atoms with Crippen molar-refractivity contribution in [1.29, 1.82) is 0 Å². The molecular formula is C48H58N8O9. The molecule has 3 fully saturated rings. The molecule has 4 amide bonds. The van der Waals surface area contributed by atoms with E-state index in [4.69, 9.17) is 28.9 Å². The summed E-state index contributed by atoms with van der Waals surface area (Å²) in [6, 6.07) is 12.2. The minimum absolute atomic E-state index is 0.0714. The number of carbonyl (C=O) groups is 4. The van der Waals surface area contributed by atoms with Gasteiger partial charge in [-0.25, -0.2) is 19.6 Å². The molecule has 4 aliphatic heterocycles. The number of carboxylic acid groups (broad SMARTS) is 1. The average molecular weight is 891 g/mol. The van der Waals surface area contributed by atoms with Gasteiger partial charge in [0, 0.05) is 56.8 Å². The van der Waals surface area contributed by atoms with Gasteiger partial charge in [0.05, 0.1) is 48.7 Å². The highest BCUT2D eigenvalue weighted by molar-refractivity contribution is 6.07. The Balaban J connectivity index is 0.971. The van der Waals surface area contributed by atoms with E-state index in [9.17, 15) is 24.3 Å². The summed E-state index contributed by atoms with van der Waals surface area (Å²) < 4.78 is 22.5. The molecule has 6 atom stereocenters. The fourth-order valence-electron chi connectivity index (χ4n) is 10.7. The molecule has 0 spiro atoms. The number of H-pyrrole nitrogens is 2. The van der Waals surface area contributed by atoms with Crippen LogP contribution in [0.25, 0.3) is 44.2 Å². The topological polar surface area (TPSA) is 205 Å². The molecule has 4 N–H and O–H groups in total. The number of alkyl carbamates (subject to hydrolysis) is 1. The van der Waals surface area contributed by atoms with Gasteiger partial charge in [0.25, 0.3) is 0 Å². The number of imidazole rings is 2. The standard InChI is InChI=1S/C48H58N8O9/c1-25(2)42(54(4)48(60)61)46(58)56-26(3)7-12-37(56)44-50-35-11-9-29-19-34-32-10-8-30(18-31(32)24-65-39(34)20-33(29)41(35)52-44)36-21-49-43(51-36)38-17-27(23-62-5)22-55(38)45(57)40(53-47(59)63-6)28-13-15-64-16-14-28/h8-11,18-21,25-28,37-38,40,42H,7,12-17,22-24H2,1-6H3,(H,49,51)(H,50,52)(H,53,59)(H,60,61)/t26?,27?,37-,38-,40-,42-/m0/s1. The second kappa shape index (κ2) is 18.0. The molecule has 0 aliphatic carbocycles. The largest absolute Gasteiger partial charge is 0.488 e. The van der Waals surface area contributed by atoms with E-state index in [2.05, 4.69) is 51.7 Å². The maximum atomic E-state index is 14.4. The number of ether oxygens (including phenoxy) is 4. The monoisotopic (exact) mass is 890 g/mol. The molecule has 3 aromatic carbocycles. The number of benzene rings is 3. The van der Waals surface area contributed by atoms with Crippen LogP contribution in [-0.2, 0) is 30.4 Å². The van der Waals surface area contributed by atoms with E-state index in [0.717, 1.165) is 66.8 Å². The summed E-state index contributed by atoms with van der Waals surface area (Å²) in [6.45, 7) is 8.13. The fraction of sp³-hybridized carbons (Fsp3) is 0.500. The van der Waals surface area contributed by atoms with E-state index < -0.39 is 24.3 Å². The number of aromatic amines is 2. The van der Waals surface area contributed by atoms with Crippen molar-refractivity contribution in [1.82, 2.24) is 40.0 Å². The first kappa shape index (κ1) is 44.0. The molecule has 0 bridgehead atoms. The van der Waals surface area contributed by atoms with Gasteiger partial charge in [-0.2, -0.15) is 0 Å². The lowest BCUT2D eigenvalue weighted by Gasteiger charge is -2.36. The lowest BCUT2D eigenvalue weighted by atomic mass is 9.90. The number of aromatic nitrogens is 4. The fourth-order valence-corrected chi connectivity index (χ4v) is 10.7. The zero-order valence-electron chi connectivity index (χ0n) is 37.8. The molecule has 3 saturated heterocycles. The Morgan fingerprint density at radius 3 is 2.51 bits per heavy atom. The third kappa shape index (κ3) is 8.24. The van der Waals surface area contributed by atoms with Gasteiger partial charge in [0.2, 0.25) is 11.8 Å². The Morgan fingerprint density at radius 2 is 1.77 bits per heavy atom. The molecule has 17 heteroatoms. The van der Waals surface area contributed by atoms with Crippen LogP contribution in [0.2, 0.25) is 0 Å². The van der Waals surface area contributed by atoms with Crippen molar-refractivity contribution < 1.29 is 43.2 Å². The van der Waals surface area contributed by atoms with E-state index >= 15 is 0 Å². The number of rotatable bonds is 11. The molecule has 65 heavy (non-hydrogen) atoms. The van der Waals surface area contributed by atoms with Gasteiger partial charge in [0.1, 0.15) is 36.1 Å². The number of nitrogens with one attached hydrogen (secondary N) is 3. The summed E-state index contributed by atoms with van der Waals surface area (Å²) in [5.41, 5.74) is 6.43. The van der Waals surface area contributed by atoms with Crippen LogP contribution in [0.4, 0.5) is 9.59 Å². The normalized spacial score (nSPS) is 21.8. The molecule has 344 valence electrons. The lowest BCUT2D eigenvalue weighted by molar-refractivity contribution is -0.140. The van der Waals surface area contributed by atoms with E-state index in [-0.39, 0.29) is 47.7 Å². The Hall–Kier alpha value is -6.20. The van der Waals surface area contributed by atoms with E-state index in [1.165, 1.54) is 14.2 Å². The first-order valence-corrected chi connectivity index (χ1v) is 22.6. The predicted octanol–water partition coefficient (Wildman–Crippen LogP) is 7.04. The maximum Gasteiger partial charge on any atom is 0.407 e. The van der Waals surface area contributed by atoms with Crippen molar-refractivity contribution in [2.45, 2.75) is 89.7 Å². The summed E-state index contributed by atoms with van der Waals surface area (Å²) in [4.78, 5) is 74.6.